The highest BCUT2D eigenvalue weighted by atomic mass is 35.5. The van der Waals surface area contributed by atoms with Gasteiger partial charge < -0.3 is 9.77 Å². The van der Waals surface area contributed by atoms with E-state index in [0.717, 1.165) is 12.3 Å². The molecule has 1 unspecified atom stereocenters. The second-order valence-electron chi connectivity index (χ2n) is 6.03. The van der Waals surface area contributed by atoms with Gasteiger partial charge in [-0.25, -0.2) is 4.98 Å². The van der Waals surface area contributed by atoms with Gasteiger partial charge in [0, 0.05) is 29.9 Å². The molecule has 1 aromatic heterocycles. The second-order valence-corrected chi connectivity index (χ2v) is 8.13. The van der Waals surface area contributed by atoms with Crippen LogP contribution in [-0.2, 0) is 12.3 Å². The molecule has 0 spiro atoms. The molecule has 0 saturated carbocycles. The van der Waals surface area contributed by atoms with E-state index in [2.05, 4.69) is 22.5 Å². The summed E-state index contributed by atoms with van der Waals surface area (Å²) in [6.45, 7) is 3.26. The Morgan fingerprint density at radius 2 is 2.04 bits per heavy atom. The third-order valence-electron chi connectivity index (χ3n) is 3.82. The second kappa shape index (κ2) is 13.7. The summed E-state index contributed by atoms with van der Waals surface area (Å²) in [6, 6.07) is 5.92. The van der Waals surface area contributed by atoms with Crippen LogP contribution in [0.2, 0.25) is 10.0 Å². The Morgan fingerprint density at radius 1 is 1.30 bits per heavy atom. The Hall–Kier alpha value is -1.44. The Kier molecular flexibility index (Phi) is 12.0. The lowest BCUT2D eigenvalue weighted by atomic mass is 10.1. The fourth-order valence-electron chi connectivity index (χ4n) is 2.50. The van der Waals surface area contributed by atoms with Crippen LogP contribution in [0.3, 0.4) is 0 Å². The van der Waals surface area contributed by atoms with Crippen molar-refractivity contribution in [2.75, 3.05) is 0 Å². The van der Waals surface area contributed by atoms with E-state index in [9.17, 15) is 0 Å². The van der Waals surface area contributed by atoms with Gasteiger partial charge in [-0.15, -0.1) is 10.1 Å². The van der Waals surface area contributed by atoms with Crippen molar-refractivity contribution >= 4 is 35.0 Å². The van der Waals surface area contributed by atoms with Gasteiger partial charge >= 0.3 is 0 Å². The Balaban J connectivity index is 0.000000828. The lowest BCUT2D eigenvalue weighted by Gasteiger charge is -2.17. The van der Waals surface area contributed by atoms with Gasteiger partial charge in [0.25, 0.3) is 5.09 Å². The zero-order chi connectivity index (χ0) is 20.1. The van der Waals surface area contributed by atoms with Crippen LogP contribution in [-0.4, -0.2) is 25.1 Å². The van der Waals surface area contributed by atoms with E-state index in [4.69, 9.17) is 38.5 Å². The maximum absolute atomic E-state index is 8.36. The molecule has 0 bridgehead atoms. The van der Waals surface area contributed by atoms with Crippen LogP contribution in [0.1, 0.15) is 44.6 Å². The number of unbranched alkanes of at least 4 members (excludes halogenated alkanes) is 3. The standard InChI is InChI=1S/C18H24Cl2N2S.HNO3/c1-2-3-4-5-6-16(12-22-10-9-21-14-22)23-13-15-7-8-17(19)18(20)11-15;2-1(3)4/h7-11,14,16H,2-6,12-13H2,1H3;(H,2,3,4). The number of nitrogens with zero attached hydrogens (tertiary/aromatic N) is 3. The topological polar surface area (TPSA) is 81.2 Å². The van der Waals surface area contributed by atoms with E-state index in [1.807, 2.05) is 42.6 Å². The van der Waals surface area contributed by atoms with Crippen LogP contribution in [0.5, 0.6) is 0 Å². The number of halogens is 2. The Labute approximate surface area is 174 Å². The van der Waals surface area contributed by atoms with Crippen molar-refractivity contribution in [1.82, 2.24) is 9.55 Å². The molecule has 1 atom stereocenters. The molecule has 0 fully saturated rings. The first-order chi connectivity index (χ1) is 12.9. The van der Waals surface area contributed by atoms with Crippen LogP contribution in [0.4, 0.5) is 0 Å². The first kappa shape index (κ1) is 23.6. The molecule has 2 aromatic rings. The molecule has 1 aromatic carbocycles. The molecule has 0 aliphatic rings. The van der Waals surface area contributed by atoms with Crippen molar-refractivity contribution in [2.24, 2.45) is 0 Å². The van der Waals surface area contributed by atoms with Gasteiger partial charge in [-0.1, -0.05) is 61.9 Å². The number of hydrogen-bond acceptors (Lipinski definition) is 4. The summed E-state index contributed by atoms with van der Waals surface area (Å²) >= 11 is 14.1. The molecule has 0 aliphatic carbocycles. The molecule has 1 N–H and O–H groups in total. The van der Waals surface area contributed by atoms with Crippen molar-refractivity contribution in [1.29, 1.82) is 0 Å². The first-order valence-corrected chi connectivity index (χ1v) is 10.6. The van der Waals surface area contributed by atoms with E-state index in [0.29, 0.717) is 15.3 Å². The van der Waals surface area contributed by atoms with Crippen LogP contribution in [0.15, 0.2) is 36.9 Å². The van der Waals surface area contributed by atoms with Crippen molar-refractivity contribution < 1.29 is 10.3 Å². The minimum Gasteiger partial charge on any atom is -0.336 e. The molecule has 1 heterocycles. The minimum absolute atomic E-state index is 0.593. The van der Waals surface area contributed by atoms with E-state index in [1.165, 1.54) is 37.7 Å². The number of hydrogen-bond donors (Lipinski definition) is 1. The predicted octanol–water partition coefficient (Wildman–Crippen LogP) is 6.11. The largest absolute Gasteiger partial charge is 0.336 e. The number of thioether (sulfide) groups is 1. The SMILES string of the molecule is CCCCCCC(Cn1ccnc1)SCc1ccc(Cl)c(Cl)c1.O=[N+]([O-])O. The summed E-state index contributed by atoms with van der Waals surface area (Å²) < 4.78 is 2.17. The highest BCUT2D eigenvalue weighted by Crippen LogP contribution is 2.28. The quantitative estimate of drug-likeness (QED) is 0.277. The third-order valence-corrected chi connectivity index (χ3v) is 5.92. The summed E-state index contributed by atoms with van der Waals surface area (Å²) in [5.41, 5.74) is 1.23. The maximum atomic E-state index is 8.36. The van der Waals surface area contributed by atoms with Crippen LogP contribution >= 0.6 is 35.0 Å². The number of aromatic nitrogens is 2. The van der Waals surface area contributed by atoms with Gasteiger partial charge in [0.15, 0.2) is 0 Å². The fraction of sp³-hybridized carbons (Fsp3) is 0.500. The maximum Gasteiger partial charge on any atom is 0.291 e. The molecular weight excluding hydrogens is 409 g/mol. The molecule has 0 amide bonds. The van der Waals surface area contributed by atoms with Gasteiger partial charge in [0.1, 0.15) is 0 Å². The molecule has 0 saturated heterocycles. The molecule has 27 heavy (non-hydrogen) atoms. The molecule has 6 nitrogen and oxygen atoms in total. The Bertz CT molecular complexity index is 668. The van der Waals surface area contributed by atoms with E-state index in [1.54, 1.807) is 0 Å². The van der Waals surface area contributed by atoms with Crippen LogP contribution in [0, 0.1) is 10.1 Å². The normalized spacial score (nSPS) is 11.5. The molecule has 0 aliphatic heterocycles. The fourth-order valence-corrected chi connectivity index (χ4v) is 4.04. The van der Waals surface area contributed by atoms with Gasteiger partial charge in [-0.2, -0.15) is 11.8 Å². The van der Waals surface area contributed by atoms with Gasteiger partial charge in [-0.05, 0) is 24.1 Å². The monoisotopic (exact) mass is 433 g/mol. The highest BCUT2D eigenvalue weighted by Gasteiger charge is 2.11. The van der Waals surface area contributed by atoms with Crippen molar-refractivity contribution in [3.63, 3.8) is 0 Å². The van der Waals surface area contributed by atoms with Crippen LogP contribution < -0.4 is 0 Å². The van der Waals surface area contributed by atoms with Gasteiger partial charge in [0.05, 0.1) is 16.4 Å². The zero-order valence-electron chi connectivity index (χ0n) is 15.3. The molecule has 0 radical (unpaired) electrons. The van der Waals surface area contributed by atoms with Crippen molar-refractivity contribution in [3.8, 4) is 0 Å². The molecule has 9 heteroatoms. The average Bonchev–Trinajstić information content (AvgIpc) is 3.12. The number of benzene rings is 1. The highest BCUT2D eigenvalue weighted by molar-refractivity contribution is 7.99. The lowest BCUT2D eigenvalue weighted by molar-refractivity contribution is -0.742. The van der Waals surface area contributed by atoms with E-state index < -0.39 is 5.09 Å². The first-order valence-electron chi connectivity index (χ1n) is 8.77. The smallest absolute Gasteiger partial charge is 0.291 e. The molecule has 2 rings (SSSR count). The van der Waals surface area contributed by atoms with E-state index >= 15 is 0 Å². The lowest BCUT2D eigenvalue weighted by Crippen LogP contribution is -2.12. The summed E-state index contributed by atoms with van der Waals surface area (Å²) in [7, 11) is 0. The summed E-state index contributed by atoms with van der Waals surface area (Å²) in [6.07, 6.45) is 12.3. The number of imidazole rings is 1. The van der Waals surface area contributed by atoms with Gasteiger partial charge in [0.2, 0.25) is 0 Å². The summed E-state index contributed by atoms with van der Waals surface area (Å²) in [4.78, 5) is 12.5. The average molecular weight is 434 g/mol. The number of rotatable bonds is 10. The van der Waals surface area contributed by atoms with E-state index in [-0.39, 0.29) is 0 Å². The predicted molar refractivity (Wildman–Crippen MR) is 111 cm³/mol. The third kappa shape index (κ3) is 11.1. The Morgan fingerprint density at radius 3 is 2.63 bits per heavy atom. The molecular formula is C18H25Cl2N3O3S. The summed E-state index contributed by atoms with van der Waals surface area (Å²) in [5.74, 6) is 0.962. The summed E-state index contributed by atoms with van der Waals surface area (Å²) in [5, 5.41) is 15.5. The molecule has 150 valence electrons. The van der Waals surface area contributed by atoms with Crippen molar-refractivity contribution in [3.05, 3.63) is 62.6 Å². The van der Waals surface area contributed by atoms with Gasteiger partial charge in [-0.3, -0.25) is 0 Å². The van der Waals surface area contributed by atoms with Crippen LogP contribution in [0.25, 0.3) is 0 Å². The minimum atomic E-state index is -1.50. The van der Waals surface area contributed by atoms with Crippen molar-refractivity contribution in [2.45, 2.75) is 56.6 Å². The zero-order valence-corrected chi connectivity index (χ0v) is 17.6.